The van der Waals surface area contributed by atoms with E-state index >= 15 is 0 Å². The van der Waals surface area contributed by atoms with Gasteiger partial charge in [-0.1, -0.05) is 0 Å². The standard InChI is InChI=1S/C10H12N2O3S/c1-3-4-8(2)12-16(14,15)9-5-6-10(13)11-7-9/h1,5-8,12H,4H2,2H3,(H,11,13). The molecule has 0 radical (unpaired) electrons. The van der Waals surface area contributed by atoms with Crippen LogP contribution in [-0.2, 0) is 10.0 Å². The third kappa shape index (κ3) is 3.22. The van der Waals surface area contributed by atoms with Crippen LogP contribution in [0.1, 0.15) is 13.3 Å². The van der Waals surface area contributed by atoms with Crippen molar-refractivity contribution in [3.8, 4) is 12.3 Å². The molecule has 0 aliphatic heterocycles. The zero-order valence-corrected chi connectivity index (χ0v) is 9.54. The molecule has 6 heteroatoms. The lowest BCUT2D eigenvalue weighted by atomic mass is 10.3. The first-order valence-corrected chi connectivity index (χ1v) is 6.08. The van der Waals surface area contributed by atoms with Gasteiger partial charge in [0, 0.05) is 24.7 Å². The summed E-state index contributed by atoms with van der Waals surface area (Å²) in [5, 5.41) is 0. The van der Waals surface area contributed by atoms with Gasteiger partial charge < -0.3 is 4.98 Å². The molecule has 86 valence electrons. The molecule has 1 rings (SSSR count). The molecule has 1 atom stereocenters. The number of hydrogen-bond donors (Lipinski definition) is 2. The van der Waals surface area contributed by atoms with E-state index in [1.54, 1.807) is 6.92 Å². The van der Waals surface area contributed by atoms with E-state index in [1.807, 2.05) is 0 Å². The van der Waals surface area contributed by atoms with Crippen molar-refractivity contribution in [2.75, 3.05) is 0 Å². The number of hydrogen-bond acceptors (Lipinski definition) is 3. The number of pyridine rings is 1. The highest BCUT2D eigenvalue weighted by molar-refractivity contribution is 7.89. The second kappa shape index (κ2) is 4.96. The summed E-state index contributed by atoms with van der Waals surface area (Å²) >= 11 is 0. The zero-order chi connectivity index (χ0) is 12.2. The fraction of sp³-hybridized carbons (Fsp3) is 0.300. The first kappa shape index (κ1) is 12.5. The quantitative estimate of drug-likeness (QED) is 0.731. The molecule has 0 spiro atoms. The topological polar surface area (TPSA) is 79.0 Å². The molecule has 0 saturated heterocycles. The van der Waals surface area contributed by atoms with Crippen LogP contribution in [0.2, 0.25) is 0 Å². The fourth-order valence-corrected chi connectivity index (χ4v) is 2.33. The molecular weight excluding hydrogens is 228 g/mol. The van der Waals surface area contributed by atoms with Gasteiger partial charge in [0.25, 0.3) is 0 Å². The number of H-pyrrole nitrogens is 1. The van der Waals surface area contributed by atoms with E-state index in [-0.39, 0.29) is 16.5 Å². The first-order valence-electron chi connectivity index (χ1n) is 4.60. The Bertz CT molecular complexity index is 534. The van der Waals surface area contributed by atoms with Crippen LogP contribution in [0.3, 0.4) is 0 Å². The summed E-state index contributed by atoms with van der Waals surface area (Å²) in [5.74, 6) is 2.37. The van der Waals surface area contributed by atoms with Gasteiger partial charge in [0.2, 0.25) is 15.6 Å². The third-order valence-corrected chi connectivity index (χ3v) is 3.43. The van der Waals surface area contributed by atoms with Crippen LogP contribution < -0.4 is 10.3 Å². The minimum absolute atomic E-state index is 0.0102. The van der Waals surface area contributed by atoms with Crippen molar-refractivity contribution in [1.29, 1.82) is 0 Å². The summed E-state index contributed by atoms with van der Waals surface area (Å²) in [6.45, 7) is 1.67. The maximum Gasteiger partial charge on any atom is 0.247 e. The van der Waals surface area contributed by atoms with Crippen LogP contribution in [0.4, 0.5) is 0 Å². The average molecular weight is 240 g/mol. The van der Waals surface area contributed by atoms with Gasteiger partial charge in [0.05, 0.1) is 4.90 Å². The average Bonchev–Trinajstić information content (AvgIpc) is 2.17. The van der Waals surface area contributed by atoms with E-state index in [4.69, 9.17) is 6.42 Å². The van der Waals surface area contributed by atoms with Crippen molar-refractivity contribution in [1.82, 2.24) is 9.71 Å². The molecule has 0 aliphatic carbocycles. The summed E-state index contributed by atoms with van der Waals surface area (Å²) in [6, 6.07) is 2.05. The number of aromatic amines is 1. The molecule has 1 unspecified atom stereocenters. The largest absolute Gasteiger partial charge is 0.328 e. The van der Waals surface area contributed by atoms with Gasteiger partial charge in [-0.25, -0.2) is 13.1 Å². The predicted octanol–water partition coefficient (Wildman–Crippen LogP) is 0.0650. The minimum atomic E-state index is -3.61. The second-order valence-corrected chi connectivity index (χ2v) is 5.03. The fourth-order valence-electron chi connectivity index (χ4n) is 1.11. The monoisotopic (exact) mass is 240 g/mol. The zero-order valence-electron chi connectivity index (χ0n) is 8.73. The van der Waals surface area contributed by atoms with Crippen LogP contribution >= 0.6 is 0 Å². The van der Waals surface area contributed by atoms with Crippen LogP contribution in [-0.4, -0.2) is 19.4 Å². The Labute approximate surface area is 93.9 Å². The van der Waals surface area contributed by atoms with Gasteiger partial charge in [0.1, 0.15) is 0 Å². The summed E-state index contributed by atoms with van der Waals surface area (Å²) in [6.07, 6.45) is 6.53. The van der Waals surface area contributed by atoms with Crippen LogP contribution in [0, 0.1) is 12.3 Å². The Hall–Kier alpha value is -1.58. The maximum atomic E-state index is 11.7. The molecule has 1 aromatic rings. The molecular formula is C10H12N2O3S. The molecule has 0 saturated carbocycles. The molecule has 1 heterocycles. The predicted molar refractivity (Wildman–Crippen MR) is 60.3 cm³/mol. The van der Waals surface area contributed by atoms with E-state index in [9.17, 15) is 13.2 Å². The number of rotatable bonds is 4. The van der Waals surface area contributed by atoms with E-state index in [0.29, 0.717) is 6.42 Å². The highest BCUT2D eigenvalue weighted by atomic mass is 32.2. The van der Waals surface area contributed by atoms with Crippen molar-refractivity contribution in [3.05, 3.63) is 28.7 Å². The molecule has 2 N–H and O–H groups in total. The number of sulfonamides is 1. The molecule has 0 aliphatic rings. The number of terminal acetylenes is 1. The van der Waals surface area contributed by atoms with Gasteiger partial charge in [0.15, 0.2) is 0 Å². The van der Waals surface area contributed by atoms with Crippen LogP contribution in [0.15, 0.2) is 28.0 Å². The molecule has 0 bridgehead atoms. The lowest BCUT2D eigenvalue weighted by Gasteiger charge is -2.11. The van der Waals surface area contributed by atoms with Crippen molar-refractivity contribution in [3.63, 3.8) is 0 Å². The second-order valence-electron chi connectivity index (χ2n) is 3.32. The highest BCUT2D eigenvalue weighted by Crippen LogP contribution is 2.05. The highest BCUT2D eigenvalue weighted by Gasteiger charge is 2.16. The van der Waals surface area contributed by atoms with Gasteiger partial charge in [-0.05, 0) is 13.0 Å². The number of nitrogens with one attached hydrogen (secondary N) is 2. The van der Waals surface area contributed by atoms with Gasteiger partial charge in [-0.3, -0.25) is 4.79 Å². The Balaban J connectivity index is 2.91. The summed E-state index contributed by atoms with van der Waals surface area (Å²) in [4.78, 5) is 13.1. The molecule has 0 aromatic carbocycles. The summed E-state index contributed by atoms with van der Waals surface area (Å²) < 4.78 is 25.9. The number of aromatic nitrogens is 1. The van der Waals surface area contributed by atoms with Gasteiger partial charge >= 0.3 is 0 Å². The molecule has 0 fully saturated rings. The van der Waals surface area contributed by atoms with Crippen molar-refractivity contribution >= 4 is 10.0 Å². The smallest absolute Gasteiger partial charge is 0.247 e. The first-order chi connectivity index (χ1) is 7.45. The maximum absolute atomic E-state index is 11.7. The molecule has 16 heavy (non-hydrogen) atoms. The van der Waals surface area contributed by atoms with Crippen molar-refractivity contribution in [2.24, 2.45) is 0 Å². The van der Waals surface area contributed by atoms with Crippen molar-refractivity contribution in [2.45, 2.75) is 24.3 Å². The van der Waals surface area contributed by atoms with E-state index in [1.165, 1.54) is 6.07 Å². The Morgan fingerprint density at radius 3 is 2.75 bits per heavy atom. The van der Waals surface area contributed by atoms with Gasteiger partial charge in [-0.2, -0.15) is 0 Å². The van der Waals surface area contributed by atoms with E-state index in [0.717, 1.165) is 12.3 Å². The molecule has 0 amide bonds. The molecule has 1 aromatic heterocycles. The van der Waals surface area contributed by atoms with Crippen molar-refractivity contribution < 1.29 is 8.42 Å². The van der Waals surface area contributed by atoms with Gasteiger partial charge in [-0.15, -0.1) is 12.3 Å². The summed E-state index contributed by atoms with van der Waals surface area (Å²) in [5.41, 5.74) is -0.351. The SMILES string of the molecule is C#CCC(C)NS(=O)(=O)c1ccc(=O)[nH]c1. The van der Waals surface area contributed by atoms with Crippen LogP contribution in [0.25, 0.3) is 0 Å². The lowest BCUT2D eigenvalue weighted by molar-refractivity contribution is 0.563. The normalized spacial score (nSPS) is 13.0. The molecule has 5 nitrogen and oxygen atoms in total. The van der Waals surface area contributed by atoms with Crippen LogP contribution in [0.5, 0.6) is 0 Å². The third-order valence-electron chi connectivity index (χ3n) is 1.85. The van der Waals surface area contributed by atoms with E-state index in [2.05, 4.69) is 15.6 Å². The summed E-state index contributed by atoms with van der Waals surface area (Å²) in [7, 11) is -3.61. The Morgan fingerprint density at radius 2 is 2.25 bits per heavy atom. The lowest BCUT2D eigenvalue weighted by Crippen LogP contribution is -2.32. The minimum Gasteiger partial charge on any atom is -0.328 e. The van der Waals surface area contributed by atoms with E-state index < -0.39 is 10.0 Å². The Kier molecular flexibility index (Phi) is 3.88. The Morgan fingerprint density at radius 1 is 1.56 bits per heavy atom.